The second-order valence-corrected chi connectivity index (χ2v) is 5.48. The maximum Gasteiger partial charge on any atom is 0.253 e. The Morgan fingerprint density at radius 1 is 1.44 bits per heavy atom. The van der Waals surface area contributed by atoms with Crippen LogP contribution in [0.15, 0.2) is 18.5 Å². The molecule has 0 atom stereocenters. The van der Waals surface area contributed by atoms with E-state index >= 15 is 0 Å². The summed E-state index contributed by atoms with van der Waals surface area (Å²) in [7, 11) is 0. The lowest BCUT2D eigenvalue weighted by atomic mass is 10.0. The van der Waals surface area contributed by atoms with Crippen LogP contribution >= 0.6 is 11.8 Å². The van der Waals surface area contributed by atoms with Crippen molar-refractivity contribution in [3.63, 3.8) is 0 Å². The Labute approximate surface area is 112 Å². The molecular weight excluding hydrogens is 248 g/mol. The van der Waals surface area contributed by atoms with Crippen molar-refractivity contribution < 1.29 is 9.90 Å². The second-order valence-electron chi connectivity index (χ2n) is 4.21. The Morgan fingerprint density at radius 3 is 2.61 bits per heavy atom. The van der Waals surface area contributed by atoms with Crippen molar-refractivity contribution >= 4 is 17.7 Å². The molecule has 1 heterocycles. The van der Waals surface area contributed by atoms with Gasteiger partial charge in [-0.25, -0.2) is 0 Å². The van der Waals surface area contributed by atoms with Crippen LogP contribution < -0.4 is 5.32 Å². The van der Waals surface area contributed by atoms with Gasteiger partial charge >= 0.3 is 0 Å². The van der Waals surface area contributed by atoms with Crippen LogP contribution in [0.3, 0.4) is 0 Å². The van der Waals surface area contributed by atoms with Gasteiger partial charge in [0, 0.05) is 17.5 Å². The molecule has 0 radical (unpaired) electrons. The summed E-state index contributed by atoms with van der Waals surface area (Å²) in [6.07, 6.45) is 6.83. The third-order valence-corrected chi connectivity index (χ3v) is 4.87. The molecule has 1 amide bonds. The summed E-state index contributed by atoms with van der Waals surface area (Å²) in [4.78, 5) is 15.7. The first-order valence-corrected chi connectivity index (χ1v) is 7.26. The van der Waals surface area contributed by atoms with E-state index in [-0.39, 0.29) is 16.4 Å². The number of thioether (sulfide) groups is 1. The summed E-state index contributed by atoms with van der Waals surface area (Å²) in [6.45, 7) is 4.87. The van der Waals surface area contributed by atoms with E-state index in [1.807, 2.05) is 0 Å². The molecule has 18 heavy (non-hydrogen) atoms. The van der Waals surface area contributed by atoms with Crippen molar-refractivity contribution in [3.05, 3.63) is 24.0 Å². The van der Waals surface area contributed by atoms with Gasteiger partial charge < -0.3 is 10.4 Å². The molecule has 0 spiro atoms. The number of carbonyl (C=O) groups is 1. The summed E-state index contributed by atoms with van der Waals surface area (Å²) in [6, 6.07) is 1.42. The zero-order valence-corrected chi connectivity index (χ0v) is 11.9. The molecule has 100 valence electrons. The van der Waals surface area contributed by atoms with Gasteiger partial charge in [-0.3, -0.25) is 9.78 Å². The van der Waals surface area contributed by atoms with Crippen LogP contribution in [0.5, 0.6) is 5.75 Å². The number of nitrogens with one attached hydrogen (secondary N) is 1. The van der Waals surface area contributed by atoms with Gasteiger partial charge in [-0.2, -0.15) is 11.8 Å². The number of pyridine rings is 1. The fraction of sp³-hybridized carbons (Fsp3) is 0.538. The number of nitrogens with zero attached hydrogens (tertiary/aromatic N) is 1. The predicted octanol–water partition coefficient (Wildman–Crippen LogP) is 2.44. The van der Waals surface area contributed by atoms with Gasteiger partial charge in [0.05, 0.1) is 11.8 Å². The van der Waals surface area contributed by atoms with Crippen LogP contribution in [0, 0.1) is 0 Å². The Balaban J connectivity index is 2.66. The molecule has 0 aliphatic carbocycles. The van der Waals surface area contributed by atoms with Gasteiger partial charge in [-0.05, 0) is 25.2 Å². The smallest absolute Gasteiger partial charge is 0.253 e. The zero-order chi connectivity index (χ0) is 13.6. The molecular formula is C13H20N2O2S. The number of aromatic hydroxyl groups is 1. The molecule has 1 rings (SSSR count). The first-order chi connectivity index (χ1) is 8.56. The van der Waals surface area contributed by atoms with Crippen molar-refractivity contribution in [2.75, 3.05) is 12.8 Å². The largest absolute Gasteiger partial charge is 0.506 e. The molecule has 0 unspecified atom stereocenters. The summed E-state index contributed by atoms with van der Waals surface area (Å²) in [5, 5.41) is 12.2. The zero-order valence-electron chi connectivity index (χ0n) is 11.1. The van der Waals surface area contributed by atoms with E-state index in [2.05, 4.69) is 30.4 Å². The molecule has 4 nitrogen and oxygen atoms in total. The number of carbonyl (C=O) groups excluding carboxylic acids is 1. The minimum absolute atomic E-state index is 0.00441. The van der Waals surface area contributed by atoms with Gasteiger partial charge in [0.2, 0.25) is 0 Å². The van der Waals surface area contributed by atoms with E-state index in [1.165, 1.54) is 18.5 Å². The van der Waals surface area contributed by atoms with E-state index in [0.717, 1.165) is 12.8 Å². The molecule has 2 N–H and O–H groups in total. The van der Waals surface area contributed by atoms with E-state index in [0.29, 0.717) is 12.1 Å². The number of amides is 1. The van der Waals surface area contributed by atoms with E-state index in [9.17, 15) is 9.90 Å². The van der Waals surface area contributed by atoms with E-state index in [4.69, 9.17) is 0 Å². The van der Waals surface area contributed by atoms with Crippen molar-refractivity contribution in [1.29, 1.82) is 0 Å². The minimum Gasteiger partial charge on any atom is -0.506 e. The highest BCUT2D eigenvalue weighted by atomic mass is 32.2. The van der Waals surface area contributed by atoms with Gasteiger partial charge in [0.1, 0.15) is 5.75 Å². The summed E-state index contributed by atoms with van der Waals surface area (Å²) < 4.78 is 0.0832. The van der Waals surface area contributed by atoms with Crippen molar-refractivity contribution in [3.8, 4) is 5.75 Å². The first kappa shape index (κ1) is 14.8. The van der Waals surface area contributed by atoms with Crippen LogP contribution in [0.2, 0.25) is 0 Å². The topological polar surface area (TPSA) is 62.2 Å². The van der Waals surface area contributed by atoms with Crippen LogP contribution in [-0.4, -0.2) is 33.5 Å². The first-order valence-electron chi connectivity index (χ1n) is 6.04. The normalized spacial score (nSPS) is 11.3. The fourth-order valence-electron chi connectivity index (χ4n) is 1.76. The Morgan fingerprint density at radius 2 is 2.11 bits per heavy atom. The molecule has 0 aliphatic rings. The third-order valence-electron chi connectivity index (χ3n) is 3.28. The van der Waals surface area contributed by atoms with Crippen LogP contribution in [-0.2, 0) is 0 Å². The number of hydrogen-bond acceptors (Lipinski definition) is 4. The molecule has 0 bridgehead atoms. The van der Waals surface area contributed by atoms with Gasteiger partial charge in [0.15, 0.2) is 0 Å². The fourth-order valence-corrected chi connectivity index (χ4v) is 2.55. The van der Waals surface area contributed by atoms with Crippen LogP contribution in [0.1, 0.15) is 37.0 Å². The molecule has 0 aromatic carbocycles. The Kier molecular flexibility index (Phi) is 5.47. The van der Waals surface area contributed by atoms with E-state index < -0.39 is 0 Å². The molecule has 0 saturated carbocycles. The predicted molar refractivity (Wildman–Crippen MR) is 75.1 cm³/mol. The SMILES string of the molecule is CCC(CC)(CNC(=O)c1cncc(O)c1)SC. The number of hydrogen-bond donors (Lipinski definition) is 2. The average molecular weight is 268 g/mol. The quantitative estimate of drug-likeness (QED) is 0.832. The average Bonchev–Trinajstić information content (AvgIpc) is 2.40. The third kappa shape index (κ3) is 3.63. The van der Waals surface area contributed by atoms with Crippen molar-refractivity contribution in [2.45, 2.75) is 31.4 Å². The molecule has 0 saturated heterocycles. The minimum atomic E-state index is -0.196. The highest BCUT2D eigenvalue weighted by Crippen LogP contribution is 2.29. The van der Waals surface area contributed by atoms with Gasteiger partial charge in [-0.1, -0.05) is 13.8 Å². The monoisotopic (exact) mass is 268 g/mol. The summed E-state index contributed by atoms with van der Waals surface area (Å²) in [5.74, 6) is -0.191. The van der Waals surface area contributed by atoms with Crippen molar-refractivity contribution in [1.82, 2.24) is 10.3 Å². The molecule has 1 aromatic heterocycles. The second kappa shape index (κ2) is 6.64. The van der Waals surface area contributed by atoms with Gasteiger partial charge in [0.25, 0.3) is 5.91 Å². The Hall–Kier alpha value is -1.23. The lowest BCUT2D eigenvalue weighted by Crippen LogP contribution is -2.39. The maximum atomic E-state index is 11.9. The standard InChI is InChI=1S/C13H20N2O2S/c1-4-13(5-2,18-3)9-15-12(17)10-6-11(16)8-14-7-10/h6-8,16H,4-5,9H2,1-3H3,(H,15,17). The number of aromatic nitrogens is 1. The van der Waals surface area contributed by atoms with Crippen LogP contribution in [0.25, 0.3) is 0 Å². The Bertz CT molecular complexity index is 397. The van der Waals surface area contributed by atoms with Crippen molar-refractivity contribution in [2.24, 2.45) is 0 Å². The lowest BCUT2D eigenvalue weighted by Gasteiger charge is -2.29. The molecule has 5 heteroatoms. The van der Waals surface area contributed by atoms with Gasteiger partial charge in [-0.15, -0.1) is 0 Å². The summed E-state index contributed by atoms with van der Waals surface area (Å²) in [5.41, 5.74) is 0.386. The summed E-state index contributed by atoms with van der Waals surface area (Å²) >= 11 is 1.78. The molecule has 0 aliphatic heterocycles. The number of rotatable bonds is 6. The highest BCUT2D eigenvalue weighted by Gasteiger charge is 2.25. The highest BCUT2D eigenvalue weighted by molar-refractivity contribution is 8.00. The van der Waals surface area contributed by atoms with Crippen LogP contribution in [0.4, 0.5) is 0 Å². The van der Waals surface area contributed by atoms with E-state index in [1.54, 1.807) is 11.8 Å². The molecule has 0 fully saturated rings. The maximum absolute atomic E-state index is 11.9. The lowest BCUT2D eigenvalue weighted by molar-refractivity contribution is 0.0948. The molecule has 1 aromatic rings.